The fourth-order valence-electron chi connectivity index (χ4n) is 3.04. The molecule has 132 valence electrons. The fraction of sp³-hybridized carbons (Fsp3) is 0.316. The molecule has 6 heteroatoms. The first-order valence-corrected chi connectivity index (χ1v) is 9.43. The third kappa shape index (κ3) is 4.57. The van der Waals surface area contributed by atoms with Gasteiger partial charge in [-0.3, -0.25) is 0 Å². The van der Waals surface area contributed by atoms with Gasteiger partial charge in [-0.2, -0.15) is 0 Å². The molecule has 1 N–H and O–H groups in total. The smallest absolute Gasteiger partial charge is 0.173 e. The fourth-order valence-corrected chi connectivity index (χ4v) is 3.87. The van der Waals surface area contributed by atoms with Gasteiger partial charge >= 0.3 is 0 Å². The van der Waals surface area contributed by atoms with E-state index < -0.39 is 0 Å². The summed E-state index contributed by atoms with van der Waals surface area (Å²) in [4.78, 5) is 4.61. The summed E-state index contributed by atoms with van der Waals surface area (Å²) in [7, 11) is 0. The molecule has 1 aliphatic rings. The molecular formula is C19H21Cl2N3S. The van der Waals surface area contributed by atoms with E-state index in [1.54, 1.807) is 6.07 Å². The maximum absolute atomic E-state index is 6.05. The molecule has 0 unspecified atom stereocenters. The van der Waals surface area contributed by atoms with Gasteiger partial charge in [-0.1, -0.05) is 35.3 Å². The molecule has 0 bridgehead atoms. The minimum absolute atomic E-state index is 0.595. The topological polar surface area (TPSA) is 18.5 Å². The lowest BCUT2D eigenvalue weighted by atomic mass is 10.1. The first-order chi connectivity index (χ1) is 11.9. The van der Waals surface area contributed by atoms with Gasteiger partial charge in [0.05, 0.1) is 0 Å². The average molecular weight is 394 g/mol. The van der Waals surface area contributed by atoms with E-state index in [1.165, 1.54) is 16.8 Å². The second-order valence-corrected chi connectivity index (χ2v) is 7.61. The van der Waals surface area contributed by atoms with Crippen LogP contribution in [-0.4, -0.2) is 36.2 Å². The van der Waals surface area contributed by atoms with Crippen LogP contribution < -0.4 is 10.2 Å². The van der Waals surface area contributed by atoms with Crippen LogP contribution in [0.15, 0.2) is 36.4 Å². The summed E-state index contributed by atoms with van der Waals surface area (Å²) < 4.78 is 0. The van der Waals surface area contributed by atoms with Crippen molar-refractivity contribution in [2.24, 2.45) is 0 Å². The minimum atomic E-state index is 0.595. The number of nitrogens with zero attached hydrogens (tertiary/aromatic N) is 2. The van der Waals surface area contributed by atoms with Crippen molar-refractivity contribution in [3.8, 4) is 0 Å². The van der Waals surface area contributed by atoms with Gasteiger partial charge in [0, 0.05) is 47.6 Å². The largest absolute Gasteiger partial charge is 0.368 e. The Balaban J connectivity index is 1.61. The van der Waals surface area contributed by atoms with E-state index in [2.05, 4.69) is 47.2 Å². The van der Waals surface area contributed by atoms with Crippen LogP contribution in [0.4, 0.5) is 11.4 Å². The molecule has 2 aromatic rings. The van der Waals surface area contributed by atoms with Crippen LogP contribution in [0.2, 0.25) is 10.0 Å². The van der Waals surface area contributed by atoms with E-state index >= 15 is 0 Å². The summed E-state index contributed by atoms with van der Waals surface area (Å²) in [6.45, 7) is 7.95. The molecular weight excluding hydrogens is 373 g/mol. The molecule has 1 heterocycles. The molecule has 25 heavy (non-hydrogen) atoms. The van der Waals surface area contributed by atoms with Crippen molar-refractivity contribution in [3.63, 3.8) is 0 Å². The van der Waals surface area contributed by atoms with Gasteiger partial charge < -0.3 is 15.1 Å². The number of thiocarbonyl (C=S) groups is 1. The van der Waals surface area contributed by atoms with Crippen LogP contribution >= 0.6 is 35.4 Å². The van der Waals surface area contributed by atoms with Crippen LogP contribution in [0.25, 0.3) is 0 Å². The monoisotopic (exact) mass is 393 g/mol. The van der Waals surface area contributed by atoms with Gasteiger partial charge in [0.25, 0.3) is 0 Å². The second kappa shape index (κ2) is 7.81. The van der Waals surface area contributed by atoms with E-state index in [9.17, 15) is 0 Å². The van der Waals surface area contributed by atoms with Crippen LogP contribution in [0.1, 0.15) is 11.1 Å². The van der Waals surface area contributed by atoms with Crippen molar-refractivity contribution in [2.45, 2.75) is 13.8 Å². The first-order valence-electron chi connectivity index (χ1n) is 8.26. The predicted octanol–water partition coefficient (Wildman–Crippen LogP) is 5.13. The van der Waals surface area contributed by atoms with Crippen molar-refractivity contribution < 1.29 is 0 Å². The lowest BCUT2D eigenvalue weighted by Crippen LogP contribution is -2.50. The molecule has 1 saturated heterocycles. The maximum atomic E-state index is 6.05. The number of aryl methyl sites for hydroxylation is 2. The zero-order valence-corrected chi connectivity index (χ0v) is 16.7. The molecule has 0 atom stereocenters. The number of rotatable bonds is 2. The highest BCUT2D eigenvalue weighted by atomic mass is 35.5. The third-order valence-electron chi connectivity index (χ3n) is 4.39. The Morgan fingerprint density at radius 3 is 2.24 bits per heavy atom. The minimum Gasteiger partial charge on any atom is -0.368 e. The normalized spacial score (nSPS) is 14.6. The number of benzene rings is 2. The van der Waals surface area contributed by atoms with Gasteiger partial charge in [0.1, 0.15) is 0 Å². The van der Waals surface area contributed by atoms with Gasteiger partial charge in [0.2, 0.25) is 0 Å². The summed E-state index contributed by atoms with van der Waals surface area (Å²) in [5, 5.41) is 5.14. The third-order valence-corrected chi connectivity index (χ3v) is 5.18. The Bertz CT molecular complexity index is 766. The van der Waals surface area contributed by atoms with Crippen molar-refractivity contribution in [2.75, 3.05) is 36.4 Å². The molecule has 3 nitrogen and oxygen atoms in total. The van der Waals surface area contributed by atoms with Gasteiger partial charge in [-0.05, 0) is 61.5 Å². The highest BCUT2D eigenvalue weighted by Crippen LogP contribution is 2.24. The highest BCUT2D eigenvalue weighted by Gasteiger charge is 2.20. The molecule has 1 fully saturated rings. The van der Waals surface area contributed by atoms with Crippen LogP contribution in [0, 0.1) is 13.8 Å². The zero-order valence-electron chi connectivity index (χ0n) is 14.4. The Morgan fingerprint density at radius 2 is 1.60 bits per heavy atom. The molecule has 0 amide bonds. The molecule has 3 rings (SSSR count). The zero-order chi connectivity index (χ0) is 18.0. The van der Waals surface area contributed by atoms with Crippen LogP contribution in [-0.2, 0) is 0 Å². The summed E-state index contributed by atoms with van der Waals surface area (Å²) >= 11 is 17.6. The van der Waals surface area contributed by atoms with Crippen LogP contribution in [0.3, 0.4) is 0 Å². The molecule has 0 radical (unpaired) electrons. The highest BCUT2D eigenvalue weighted by molar-refractivity contribution is 7.80. The van der Waals surface area contributed by atoms with Crippen molar-refractivity contribution in [3.05, 3.63) is 57.6 Å². The Hall–Kier alpha value is -1.49. The SMILES string of the molecule is Cc1ccc(C)c(N2CCN(C(=S)Nc3cc(Cl)cc(Cl)c3)CC2)c1. The number of halogens is 2. The van der Waals surface area contributed by atoms with Crippen molar-refractivity contribution >= 4 is 51.9 Å². The lowest BCUT2D eigenvalue weighted by molar-refractivity contribution is 0.390. The number of hydrogen-bond acceptors (Lipinski definition) is 2. The Kier molecular flexibility index (Phi) is 5.72. The number of nitrogens with one attached hydrogen (secondary N) is 1. The van der Waals surface area contributed by atoms with E-state index in [0.29, 0.717) is 15.2 Å². The standard InChI is InChI=1S/C19H21Cl2N3S/c1-13-3-4-14(2)18(9-13)23-5-7-24(8-6-23)19(25)22-17-11-15(20)10-16(21)12-17/h3-4,9-12H,5-8H2,1-2H3,(H,22,25). The number of anilines is 2. The van der Waals surface area contributed by atoms with Crippen molar-refractivity contribution in [1.29, 1.82) is 0 Å². The van der Waals surface area contributed by atoms with Crippen molar-refractivity contribution in [1.82, 2.24) is 4.90 Å². The molecule has 0 spiro atoms. The van der Waals surface area contributed by atoms with E-state index in [1.807, 2.05) is 12.1 Å². The molecule has 0 saturated carbocycles. The van der Waals surface area contributed by atoms with Gasteiger partial charge in [-0.25, -0.2) is 0 Å². The van der Waals surface area contributed by atoms with Gasteiger partial charge in [0.15, 0.2) is 5.11 Å². The summed E-state index contributed by atoms with van der Waals surface area (Å²) in [5.74, 6) is 0. The molecule has 2 aromatic carbocycles. The summed E-state index contributed by atoms with van der Waals surface area (Å²) in [6.07, 6.45) is 0. The molecule has 0 aliphatic carbocycles. The van der Waals surface area contributed by atoms with Gasteiger partial charge in [-0.15, -0.1) is 0 Å². The second-order valence-electron chi connectivity index (χ2n) is 6.35. The maximum Gasteiger partial charge on any atom is 0.173 e. The average Bonchev–Trinajstić information content (AvgIpc) is 2.56. The van der Waals surface area contributed by atoms with Crippen LogP contribution in [0.5, 0.6) is 0 Å². The quantitative estimate of drug-likeness (QED) is 0.712. The number of piperazine rings is 1. The Labute approximate surface area is 164 Å². The Morgan fingerprint density at radius 1 is 0.960 bits per heavy atom. The van der Waals surface area contributed by atoms with E-state index in [0.717, 1.165) is 31.9 Å². The molecule has 0 aromatic heterocycles. The lowest BCUT2D eigenvalue weighted by Gasteiger charge is -2.38. The first kappa shape index (κ1) is 18.3. The summed E-state index contributed by atoms with van der Waals surface area (Å²) in [5.41, 5.74) is 4.74. The predicted molar refractivity (Wildman–Crippen MR) is 112 cm³/mol. The molecule has 1 aliphatic heterocycles. The van der Waals surface area contributed by atoms with E-state index in [-0.39, 0.29) is 0 Å². The summed E-state index contributed by atoms with van der Waals surface area (Å²) in [6, 6.07) is 12.0. The van der Waals surface area contributed by atoms with E-state index in [4.69, 9.17) is 35.4 Å². The number of hydrogen-bond donors (Lipinski definition) is 1.